The van der Waals surface area contributed by atoms with Crippen molar-refractivity contribution in [3.05, 3.63) is 46.4 Å². The van der Waals surface area contributed by atoms with E-state index < -0.39 is 6.03 Å². The van der Waals surface area contributed by atoms with Crippen molar-refractivity contribution >= 4 is 40.6 Å². The standard InChI is InChI=1S/C13H10Cl2N2O3/c14-7-1-2-11(15)12(3-7)17-13(20)16-8-4-9(18)6-10(19)5-8/h1-6,18-19H,(H2,16,17,20). The molecule has 2 aromatic carbocycles. The van der Waals surface area contributed by atoms with Crippen molar-refractivity contribution in [3.63, 3.8) is 0 Å². The third-order valence-corrected chi connectivity index (χ3v) is 2.90. The van der Waals surface area contributed by atoms with Gasteiger partial charge in [-0.2, -0.15) is 0 Å². The van der Waals surface area contributed by atoms with Crippen LogP contribution < -0.4 is 10.6 Å². The maximum absolute atomic E-state index is 11.8. The molecular weight excluding hydrogens is 303 g/mol. The number of amides is 2. The number of rotatable bonds is 2. The van der Waals surface area contributed by atoms with Gasteiger partial charge in [-0.1, -0.05) is 23.2 Å². The summed E-state index contributed by atoms with van der Waals surface area (Å²) in [4.78, 5) is 11.8. The number of anilines is 2. The number of benzene rings is 2. The summed E-state index contributed by atoms with van der Waals surface area (Å²) in [6.45, 7) is 0. The van der Waals surface area contributed by atoms with Gasteiger partial charge in [-0.3, -0.25) is 0 Å². The van der Waals surface area contributed by atoms with Gasteiger partial charge < -0.3 is 20.8 Å². The second-order valence-electron chi connectivity index (χ2n) is 3.94. The molecule has 0 saturated heterocycles. The van der Waals surface area contributed by atoms with Gasteiger partial charge in [0.2, 0.25) is 0 Å². The Morgan fingerprint density at radius 1 is 0.950 bits per heavy atom. The van der Waals surface area contributed by atoms with Gasteiger partial charge in [0.15, 0.2) is 0 Å². The van der Waals surface area contributed by atoms with Crippen molar-refractivity contribution in [1.29, 1.82) is 0 Å². The van der Waals surface area contributed by atoms with E-state index in [1.54, 1.807) is 12.1 Å². The lowest BCUT2D eigenvalue weighted by Crippen LogP contribution is -2.19. The van der Waals surface area contributed by atoms with Crippen LogP contribution in [-0.2, 0) is 0 Å². The summed E-state index contributed by atoms with van der Waals surface area (Å²) in [6.07, 6.45) is 0. The molecule has 0 bridgehead atoms. The average molecular weight is 313 g/mol. The minimum Gasteiger partial charge on any atom is -0.508 e. The molecule has 0 saturated carbocycles. The quantitative estimate of drug-likeness (QED) is 0.675. The van der Waals surface area contributed by atoms with Gasteiger partial charge in [0.1, 0.15) is 11.5 Å². The molecule has 0 aliphatic carbocycles. The van der Waals surface area contributed by atoms with E-state index in [0.29, 0.717) is 15.7 Å². The van der Waals surface area contributed by atoms with E-state index in [1.165, 1.54) is 18.2 Å². The van der Waals surface area contributed by atoms with Crippen LogP contribution in [0, 0.1) is 0 Å². The van der Waals surface area contributed by atoms with E-state index in [9.17, 15) is 15.0 Å². The van der Waals surface area contributed by atoms with Gasteiger partial charge in [0.25, 0.3) is 0 Å². The fourth-order valence-corrected chi connectivity index (χ4v) is 1.88. The van der Waals surface area contributed by atoms with Crippen LogP contribution in [0.2, 0.25) is 10.0 Å². The first-order valence-electron chi connectivity index (χ1n) is 5.50. The van der Waals surface area contributed by atoms with Crippen molar-refractivity contribution in [2.45, 2.75) is 0 Å². The van der Waals surface area contributed by atoms with Crippen molar-refractivity contribution in [2.75, 3.05) is 10.6 Å². The number of carbonyl (C=O) groups excluding carboxylic acids is 1. The Hall–Kier alpha value is -2.11. The smallest absolute Gasteiger partial charge is 0.323 e. The monoisotopic (exact) mass is 312 g/mol. The minimum absolute atomic E-state index is 0.166. The first-order chi connectivity index (χ1) is 9.44. The van der Waals surface area contributed by atoms with Crippen LogP contribution in [0.1, 0.15) is 0 Å². The van der Waals surface area contributed by atoms with E-state index in [4.69, 9.17) is 23.2 Å². The molecule has 7 heteroatoms. The lowest BCUT2D eigenvalue weighted by atomic mass is 10.3. The summed E-state index contributed by atoms with van der Waals surface area (Å²) in [6, 6.07) is 7.80. The number of carbonyl (C=O) groups is 1. The lowest BCUT2D eigenvalue weighted by molar-refractivity contribution is 0.262. The molecule has 5 nitrogen and oxygen atoms in total. The molecule has 2 aromatic rings. The highest BCUT2D eigenvalue weighted by Crippen LogP contribution is 2.27. The van der Waals surface area contributed by atoms with Crippen LogP contribution in [0.4, 0.5) is 16.2 Å². The number of urea groups is 1. The van der Waals surface area contributed by atoms with Gasteiger partial charge in [-0.15, -0.1) is 0 Å². The zero-order valence-corrected chi connectivity index (χ0v) is 11.5. The highest BCUT2D eigenvalue weighted by molar-refractivity contribution is 6.35. The molecule has 0 unspecified atom stereocenters. The minimum atomic E-state index is -0.584. The Morgan fingerprint density at radius 2 is 1.60 bits per heavy atom. The normalized spacial score (nSPS) is 10.1. The molecule has 0 heterocycles. The molecule has 104 valence electrons. The fraction of sp³-hybridized carbons (Fsp3) is 0. The predicted molar refractivity (Wildman–Crippen MR) is 78.9 cm³/mol. The number of phenolic OH excluding ortho intramolecular Hbond substituents is 2. The maximum atomic E-state index is 11.8. The largest absolute Gasteiger partial charge is 0.508 e. The number of aromatic hydroxyl groups is 2. The maximum Gasteiger partial charge on any atom is 0.323 e. The third kappa shape index (κ3) is 3.69. The van der Waals surface area contributed by atoms with Gasteiger partial charge >= 0.3 is 6.03 Å². The number of hydrogen-bond donors (Lipinski definition) is 4. The summed E-state index contributed by atoms with van der Waals surface area (Å²) in [5, 5.41) is 24.3. The van der Waals surface area contributed by atoms with Crippen LogP contribution in [-0.4, -0.2) is 16.2 Å². The van der Waals surface area contributed by atoms with Gasteiger partial charge in [-0.05, 0) is 18.2 Å². The number of phenols is 2. The van der Waals surface area contributed by atoms with Crippen LogP contribution in [0.5, 0.6) is 11.5 Å². The first-order valence-corrected chi connectivity index (χ1v) is 6.26. The topological polar surface area (TPSA) is 81.6 Å². The zero-order chi connectivity index (χ0) is 14.7. The van der Waals surface area contributed by atoms with E-state index >= 15 is 0 Å². The highest BCUT2D eigenvalue weighted by Gasteiger charge is 2.08. The van der Waals surface area contributed by atoms with Gasteiger partial charge in [-0.25, -0.2) is 4.79 Å². The Kier molecular flexibility index (Phi) is 4.22. The van der Waals surface area contributed by atoms with Crippen molar-refractivity contribution in [1.82, 2.24) is 0 Å². The van der Waals surface area contributed by atoms with E-state index in [0.717, 1.165) is 6.07 Å². The van der Waals surface area contributed by atoms with Crippen molar-refractivity contribution < 1.29 is 15.0 Å². The molecule has 0 aromatic heterocycles. The number of halogens is 2. The molecule has 2 rings (SSSR count). The predicted octanol–water partition coefficient (Wildman–Crippen LogP) is 4.05. The van der Waals surface area contributed by atoms with Gasteiger partial charge in [0.05, 0.1) is 10.7 Å². The Labute approximate surface area is 124 Å². The molecule has 0 spiro atoms. The van der Waals surface area contributed by atoms with Crippen molar-refractivity contribution in [2.24, 2.45) is 0 Å². The zero-order valence-electron chi connectivity index (χ0n) is 10.0. The molecule has 0 radical (unpaired) electrons. The highest BCUT2D eigenvalue weighted by atomic mass is 35.5. The van der Waals surface area contributed by atoms with E-state index in [-0.39, 0.29) is 17.2 Å². The molecule has 2 amide bonds. The average Bonchev–Trinajstić information content (AvgIpc) is 2.32. The van der Waals surface area contributed by atoms with Crippen LogP contribution in [0.3, 0.4) is 0 Å². The van der Waals surface area contributed by atoms with Crippen LogP contribution >= 0.6 is 23.2 Å². The summed E-state index contributed by atoms with van der Waals surface area (Å²) in [5.74, 6) is -0.331. The first kappa shape index (κ1) is 14.3. The summed E-state index contributed by atoms with van der Waals surface area (Å²) < 4.78 is 0. The number of nitrogens with one attached hydrogen (secondary N) is 2. The molecule has 0 aliphatic rings. The number of hydrogen-bond acceptors (Lipinski definition) is 3. The molecular formula is C13H10Cl2N2O3. The molecule has 0 aliphatic heterocycles. The Morgan fingerprint density at radius 3 is 2.25 bits per heavy atom. The summed E-state index contributed by atoms with van der Waals surface area (Å²) >= 11 is 11.7. The molecule has 4 N–H and O–H groups in total. The molecule has 20 heavy (non-hydrogen) atoms. The fourth-order valence-electron chi connectivity index (χ4n) is 1.55. The third-order valence-electron chi connectivity index (χ3n) is 2.34. The molecule has 0 atom stereocenters. The van der Waals surface area contributed by atoms with Crippen LogP contribution in [0.25, 0.3) is 0 Å². The second kappa shape index (κ2) is 5.90. The Balaban J connectivity index is 2.11. The molecule has 0 fully saturated rings. The Bertz CT molecular complexity index is 642. The second-order valence-corrected chi connectivity index (χ2v) is 4.79. The lowest BCUT2D eigenvalue weighted by Gasteiger charge is -2.10. The summed E-state index contributed by atoms with van der Waals surface area (Å²) in [7, 11) is 0. The van der Waals surface area contributed by atoms with Gasteiger partial charge in [0, 0.05) is 28.9 Å². The summed E-state index contributed by atoms with van der Waals surface area (Å²) in [5.41, 5.74) is 0.583. The van der Waals surface area contributed by atoms with E-state index in [1.807, 2.05) is 0 Å². The van der Waals surface area contributed by atoms with E-state index in [2.05, 4.69) is 10.6 Å². The van der Waals surface area contributed by atoms with Crippen molar-refractivity contribution in [3.8, 4) is 11.5 Å². The van der Waals surface area contributed by atoms with Crippen LogP contribution in [0.15, 0.2) is 36.4 Å². The SMILES string of the molecule is O=C(Nc1cc(O)cc(O)c1)Nc1cc(Cl)ccc1Cl.